The van der Waals surface area contributed by atoms with E-state index in [1.54, 1.807) is 18.2 Å². The van der Waals surface area contributed by atoms with Crippen molar-refractivity contribution in [3.63, 3.8) is 0 Å². The van der Waals surface area contributed by atoms with Crippen molar-refractivity contribution >= 4 is 44.1 Å². The van der Waals surface area contributed by atoms with E-state index in [0.717, 1.165) is 24.0 Å². The summed E-state index contributed by atoms with van der Waals surface area (Å²) in [5.41, 5.74) is 1.61. The lowest BCUT2D eigenvalue weighted by Gasteiger charge is -2.23. The van der Waals surface area contributed by atoms with Crippen LogP contribution in [0.5, 0.6) is 23.0 Å². The van der Waals surface area contributed by atoms with Crippen LogP contribution in [0.25, 0.3) is 16.0 Å². The van der Waals surface area contributed by atoms with Crippen LogP contribution in [0.2, 0.25) is 0 Å². The number of carbonyl (C=O) groups is 2. The number of aromatic nitrogens is 1. The number of amides is 1. The van der Waals surface area contributed by atoms with Crippen molar-refractivity contribution in [3.8, 4) is 23.0 Å². The zero-order valence-electron chi connectivity index (χ0n) is 24.0. The van der Waals surface area contributed by atoms with E-state index in [1.807, 2.05) is 49.4 Å². The maximum absolute atomic E-state index is 13.7. The molecule has 0 radical (unpaired) electrons. The Morgan fingerprint density at radius 3 is 2.49 bits per heavy atom. The molecule has 3 heterocycles. The third-order valence-electron chi connectivity index (χ3n) is 7.34. The van der Waals surface area contributed by atoms with E-state index in [1.165, 1.54) is 16.2 Å². The molecule has 222 valence electrons. The summed E-state index contributed by atoms with van der Waals surface area (Å²) in [7, 11) is 0. The van der Waals surface area contributed by atoms with Crippen molar-refractivity contribution in [1.29, 1.82) is 0 Å². The van der Waals surface area contributed by atoms with Crippen molar-refractivity contribution in [2.75, 3.05) is 31.3 Å². The highest BCUT2D eigenvalue weighted by Crippen LogP contribution is 2.45. The van der Waals surface area contributed by atoms with Gasteiger partial charge in [-0.2, -0.15) is 0 Å². The topological polar surface area (TPSA) is 107 Å². The van der Waals surface area contributed by atoms with Gasteiger partial charge in [0.1, 0.15) is 30.5 Å². The molecule has 2 aliphatic rings. The largest absolute Gasteiger partial charge is 0.507 e. The summed E-state index contributed by atoms with van der Waals surface area (Å²) in [6, 6.07) is 16.8. The molecule has 3 aromatic carbocycles. The standard InChI is InChI=1S/C33H32N2O7S/c1-3-5-6-15-40-22-10-7-20(8-11-22)29-28(30(36)21-9-14-25-26(18-21)42-17-16-41-25)31(37)32(38)35(29)33-34-24-13-12-23(39-4-2)19-27(24)43-33/h7-14,18-19,29,36H,3-6,15-17H2,1-2H3. The van der Waals surface area contributed by atoms with Crippen molar-refractivity contribution in [1.82, 2.24) is 4.98 Å². The number of hydrogen-bond donors (Lipinski definition) is 1. The molecule has 1 aromatic heterocycles. The van der Waals surface area contributed by atoms with Crippen LogP contribution in [-0.2, 0) is 9.59 Å². The fourth-order valence-corrected chi connectivity index (χ4v) is 6.25. The highest BCUT2D eigenvalue weighted by molar-refractivity contribution is 7.22. The molecule has 0 bridgehead atoms. The van der Waals surface area contributed by atoms with Crippen LogP contribution in [-0.4, -0.2) is 48.2 Å². The molecule has 4 aromatic rings. The molecule has 6 rings (SSSR count). The average Bonchev–Trinajstić information content (AvgIpc) is 3.56. The maximum Gasteiger partial charge on any atom is 0.301 e. The Morgan fingerprint density at radius 1 is 0.953 bits per heavy atom. The third kappa shape index (κ3) is 5.62. The van der Waals surface area contributed by atoms with Gasteiger partial charge in [-0.3, -0.25) is 14.5 Å². The molecular formula is C33H32N2O7S. The lowest BCUT2D eigenvalue weighted by atomic mass is 9.95. The predicted octanol–water partition coefficient (Wildman–Crippen LogP) is 6.66. The van der Waals surface area contributed by atoms with Crippen LogP contribution in [0.4, 0.5) is 5.13 Å². The van der Waals surface area contributed by atoms with Crippen LogP contribution in [0.3, 0.4) is 0 Å². The van der Waals surface area contributed by atoms with E-state index in [4.69, 9.17) is 23.9 Å². The molecule has 1 atom stereocenters. The number of ether oxygens (including phenoxy) is 4. The van der Waals surface area contributed by atoms with Gasteiger partial charge >= 0.3 is 5.91 Å². The lowest BCUT2D eigenvalue weighted by Crippen LogP contribution is -2.29. The first-order chi connectivity index (χ1) is 21.0. The second kappa shape index (κ2) is 12.3. The van der Waals surface area contributed by atoms with Crippen molar-refractivity contribution < 1.29 is 33.6 Å². The van der Waals surface area contributed by atoms with Gasteiger partial charge in [0.2, 0.25) is 0 Å². The summed E-state index contributed by atoms with van der Waals surface area (Å²) in [5.74, 6) is 0.517. The first-order valence-corrected chi connectivity index (χ1v) is 15.3. The molecule has 1 unspecified atom stereocenters. The molecule has 10 heteroatoms. The van der Waals surface area contributed by atoms with Crippen molar-refractivity contribution in [2.24, 2.45) is 0 Å². The van der Waals surface area contributed by atoms with Gasteiger partial charge in [0.05, 0.1) is 35.0 Å². The monoisotopic (exact) mass is 600 g/mol. The summed E-state index contributed by atoms with van der Waals surface area (Å²) < 4.78 is 23.6. The number of Topliss-reactive ketones (excluding diaryl/α,β-unsaturated/α-hetero) is 1. The Balaban J connectivity index is 1.43. The van der Waals surface area contributed by atoms with Gasteiger partial charge in [-0.15, -0.1) is 0 Å². The zero-order chi connectivity index (χ0) is 29.9. The number of hydrogen-bond acceptors (Lipinski definition) is 9. The minimum absolute atomic E-state index is 0.0347. The molecule has 1 N–H and O–H groups in total. The van der Waals surface area contributed by atoms with Crippen LogP contribution in [0, 0.1) is 0 Å². The maximum atomic E-state index is 13.7. The number of fused-ring (bicyclic) bond motifs is 2. The van der Waals surface area contributed by atoms with Gasteiger partial charge in [0.15, 0.2) is 16.6 Å². The highest BCUT2D eigenvalue weighted by atomic mass is 32.1. The molecule has 0 aliphatic carbocycles. The fraction of sp³-hybridized carbons (Fsp3) is 0.303. The Hall–Kier alpha value is -4.57. The normalized spacial score (nSPS) is 17.4. The Kier molecular flexibility index (Phi) is 8.20. The van der Waals surface area contributed by atoms with Gasteiger partial charge in [-0.25, -0.2) is 4.98 Å². The zero-order valence-corrected chi connectivity index (χ0v) is 24.8. The molecule has 1 fully saturated rings. The average molecular weight is 601 g/mol. The first-order valence-electron chi connectivity index (χ1n) is 14.5. The van der Waals surface area contributed by atoms with E-state index in [9.17, 15) is 14.7 Å². The molecule has 2 aliphatic heterocycles. The fourth-order valence-electron chi connectivity index (χ4n) is 5.23. The van der Waals surface area contributed by atoms with Crippen LogP contribution >= 0.6 is 11.3 Å². The molecule has 0 saturated carbocycles. The summed E-state index contributed by atoms with van der Waals surface area (Å²) >= 11 is 1.28. The van der Waals surface area contributed by atoms with E-state index in [2.05, 4.69) is 6.92 Å². The molecule has 1 saturated heterocycles. The number of nitrogens with zero attached hydrogens (tertiary/aromatic N) is 2. The molecule has 9 nitrogen and oxygen atoms in total. The number of rotatable bonds is 10. The van der Waals surface area contributed by atoms with Crippen LogP contribution in [0.15, 0.2) is 66.2 Å². The summed E-state index contributed by atoms with van der Waals surface area (Å²) in [6.45, 7) is 5.97. The number of anilines is 1. The van der Waals surface area contributed by atoms with Gasteiger partial charge in [0.25, 0.3) is 5.78 Å². The van der Waals surface area contributed by atoms with Gasteiger partial charge < -0.3 is 24.1 Å². The first kappa shape index (κ1) is 28.5. The van der Waals surface area contributed by atoms with E-state index < -0.39 is 17.7 Å². The van der Waals surface area contributed by atoms with Crippen LogP contribution < -0.4 is 23.8 Å². The van der Waals surface area contributed by atoms with Gasteiger partial charge in [0, 0.05) is 5.56 Å². The third-order valence-corrected chi connectivity index (χ3v) is 8.36. The summed E-state index contributed by atoms with van der Waals surface area (Å²) in [6.07, 6.45) is 3.14. The smallest absolute Gasteiger partial charge is 0.301 e. The van der Waals surface area contributed by atoms with Crippen molar-refractivity contribution in [2.45, 2.75) is 39.2 Å². The van der Waals surface area contributed by atoms with Crippen LogP contribution in [0.1, 0.15) is 50.3 Å². The Bertz CT molecular complexity index is 1700. The number of aliphatic hydroxyl groups is 1. The highest BCUT2D eigenvalue weighted by Gasteiger charge is 2.48. The number of ketones is 1. The lowest BCUT2D eigenvalue weighted by molar-refractivity contribution is -0.132. The van der Waals surface area contributed by atoms with E-state index in [0.29, 0.717) is 71.2 Å². The van der Waals surface area contributed by atoms with Gasteiger partial charge in [-0.1, -0.05) is 43.2 Å². The van der Waals surface area contributed by atoms with Gasteiger partial charge in [-0.05, 0) is 67.4 Å². The summed E-state index contributed by atoms with van der Waals surface area (Å²) in [5, 5.41) is 11.9. The van der Waals surface area contributed by atoms with Crippen molar-refractivity contribution in [3.05, 3.63) is 77.4 Å². The van der Waals surface area contributed by atoms with E-state index >= 15 is 0 Å². The molecular weight excluding hydrogens is 568 g/mol. The molecule has 1 amide bonds. The SMILES string of the molecule is CCCCCOc1ccc(C2C(=C(O)c3ccc4c(c3)OCCO4)C(=O)C(=O)N2c2nc3ccc(OCC)cc3s2)cc1. The number of benzene rings is 3. The minimum Gasteiger partial charge on any atom is -0.507 e. The number of carbonyl (C=O) groups excluding carboxylic acids is 2. The quantitative estimate of drug-likeness (QED) is 0.0932. The Morgan fingerprint density at radius 2 is 1.72 bits per heavy atom. The second-order valence-electron chi connectivity index (χ2n) is 10.2. The number of unbranched alkanes of at least 4 members (excludes halogenated alkanes) is 2. The Labute approximate surface area is 253 Å². The summed E-state index contributed by atoms with van der Waals surface area (Å²) in [4.78, 5) is 33.4. The molecule has 0 spiro atoms. The second-order valence-corrected chi connectivity index (χ2v) is 11.2. The predicted molar refractivity (Wildman–Crippen MR) is 164 cm³/mol. The van der Waals surface area contributed by atoms with E-state index in [-0.39, 0.29) is 11.3 Å². The minimum atomic E-state index is -0.922. The number of aliphatic hydroxyl groups excluding tert-OH is 1. The molecule has 43 heavy (non-hydrogen) atoms. The number of thiazole rings is 1.